The maximum absolute atomic E-state index is 12.7. The van der Waals surface area contributed by atoms with Crippen molar-refractivity contribution < 1.29 is 9.21 Å². The quantitative estimate of drug-likeness (QED) is 0.379. The van der Waals surface area contributed by atoms with E-state index in [2.05, 4.69) is 27.4 Å². The molecule has 3 aromatic rings. The van der Waals surface area contributed by atoms with E-state index in [1.807, 2.05) is 18.2 Å². The standard InChI is InChI=1S/C24H23Cl3N4O2S/c1-2-30-10-12-31(13-11-30)22-18(27)4-3-5-19(22)28-24(34)29-23(32)21-9-8-20(33-21)16-14-15(25)6-7-17(16)26/h3-9,14H,2,10-13H2,1H3,(H2,28,29,32,34). The molecule has 1 amide bonds. The highest BCUT2D eigenvalue weighted by Gasteiger charge is 2.22. The largest absolute Gasteiger partial charge is 0.451 e. The van der Waals surface area contributed by atoms with E-state index in [-0.39, 0.29) is 10.9 Å². The minimum atomic E-state index is -0.484. The molecule has 0 radical (unpaired) electrons. The molecule has 4 rings (SSSR count). The molecule has 6 nitrogen and oxygen atoms in total. The van der Waals surface area contributed by atoms with Gasteiger partial charge in [0.05, 0.1) is 21.4 Å². The second kappa shape index (κ2) is 11.0. The van der Waals surface area contributed by atoms with Crippen molar-refractivity contribution in [1.29, 1.82) is 0 Å². The third kappa shape index (κ3) is 5.67. The number of hydrogen-bond acceptors (Lipinski definition) is 5. The third-order valence-corrected chi connectivity index (χ3v) is 6.70. The molecule has 178 valence electrons. The predicted octanol–water partition coefficient (Wildman–Crippen LogP) is 6.18. The Labute approximate surface area is 218 Å². The number of hydrogen-bond donors (Lipinski definition) is 2. The minimum absolute atomic E-state index is 0.0946. The summed E-state index contributed by atoms with van der Waals surface area (Å²) < 4.78 is 5.70. The van der Waals surface area contributed by atoms with Crippen LogP contribution in [0.3, 0.4) is 0 Å². The van der Waals surface area contributed by atoms with Gasteiger partial charge in [-0.3, -0.25) is 10.1 Å². The average molecular weight is 538 g/mol. The van der Waals surface area contributed by atoms with Gasteiger partial charge in [-0.1, -0.05) is 47.8 Å². The van der Waals surface area contributed by atoms with Crippen LogP contribution < -0.4 is 15.5 Å². The lowest BCUT2D eigenvalue weighted by atomic mass is 10.2. The van der Waals surface area contributed by atoms with Gasteiger partial charge in [0.1, 0.15) is 5.76 Å². The number of nitrogens with one attached hydrogen (secondary N) is 2. The molecular formula is C24H23Cl3N4O2S. The Hall–Kier alpha value is -2.29. The van der Waals surface area contributed by atoms with E-state index in [0.29, 0.717) is 26.4 Å². The molecule has 0 bridgehead atoms. The van der Waals surface area contributed by atoms with E-state index in [4.69, 9.17) is 51.4 Å². The van der Waals surface area contributed by atoms with E-state index in [1.54, 1.807) is 30.3 Å². The molecule has 2 aromatic carbocycles. The number of likely N-dealkylation sites (N-methyl/N-ethyl adjacent to an activating group) is 1. The maximum Gasteiger partial charge on any atom is 0.293 e. The molecule has 0 unspecified atom stereocenters. The smallest absolute Gasteiger partial charge is 0.293 e. The molecule has 0 spiro atoms. The maximum atomic E-state index is 12.7. The van der Waals surface area contributed by atoms with Crippen LogP contribution in [0.4, 0.5) is 11.4 Å². The first kappa shape index (κ1) is 24.8. The summed E-state index contributed by atoms with van der Waals surface area (Å²) >= 11 is 24.2. The summed E-state index contributed by atoms with van der Waals surface area (Å²) in [5.41, 5.74) is 2.20. The van der Waals surface area contributed by atoms with Crippen molar-refractivity contribution in [2.75, 3.05) is 42.9 Å². The fraction of sp³-hybridized carbons (Fsp3) is 0.250. The van der Waals surface area contributed by atoms with Crippen molar-refractivity contribution in [3.63, 3.8) is 0 Å². The number of carbonyl (C=O) groups is 1. The second-order valence-electron chi connectivity index (χ2n) is 7.75. The van der Waals surface area contributed by atoms with Crippen molar-refractivity contribution in [3.05, 3.63) is 69.4 Å². The number of amides is 1. The first-order chi connectivity index (χ1) is 16.4. The van der Waals surface area contributed by atoms with Gasteiger partial charge in [-0.05, 0) is 61.2 Å². The summed E-state index contributed by atoms with van der Waals surface area (Å²) in [6, 6.07) is 13.8. The molecule has 1 aliphatic rings. The summed E-state index contributed by atoms with van der Waals surface area (Å²) in [6.07, 6.45) is 0. The zero-order valence-electron chi connectivity index (χ0n) is 18.4. The number of carbonyl (C=O) groups excluding carboxylic acids is 1. The Morgan fingerprint density at radius 1 is 1.03 bits per heavy atom. The Balaban J connectivity index is 1.45. The number of para-hydroxylation sites is 1. The number of benzene rings is 2. The molecular weight excluding hydrogens is 515 g/mol. The summed E-state index contributed by atoms with van der Waals surface area (Å²) in [5, 5.41) is 7.51. The Morgan fingerprint density at radius 2 is 1.79 bits per heavy atom. The van der Waals surface area contributed by atoms with Gasteiger partial charge in [0.25, 0.3) is 5.91 Å². The monoisotopic (exact) mass is 536 g/mol. The fourth-order valence-electron chi connectivity index (χ4n) is 3.83. The topological polar surface area (TPSA) is 60.8 Å². The van der Waals surface area contributed by atoms with Crippen molar-refractivity contribution in [2.24, 2.45) is 0 Å². The van der Waals surface area contributed by atoms with Crippen LogP contribution in [0.2, 0.25) is 15.1 Å². The molecule has 1 aromatic heterocycles. The molecule has 0 saturated carbocycles. The fourth-order valence-corrected chi connectivity index (χ4v) is 4.71. The summed E-state index contributed by atoms with van der Waals surface area (Å²) in [6.45, 7) is 6.80. The van der Waals surface area contributed by atoms with Gasteiger partial charge in [-0.2, -0.15) is 0 Å². The Kier molecular flexibility index (Phi) is 8.01. The molecule has 0 aliphatic carbocycles. The van der Waals surface area contributed by atoms with Crippen LogP contribution in [0.15, 0.2) is 52.9 Å². The summed E-state index contributed by atoms with van der Waals surface area (Å²) in [5.74, 6) is 0.0408. The number of thiocarbonyl (C=S) groups is 1. The van der Waals surface area contributed by atoms with E-state index >= 15 is 0 Å². The van der Waals surface area contributed by atoms with E-state index in [9.17, 15) is 4.79 Å². The van der Waals surface area contributed by atoms with Gasteiger partial charge in [-0.25, -0.2) is 0 Å². The molecule has 1 aliphatic heterocycles. The highest BCUT2D eigenvalue weighted by molar-refractivity contribution is 7.80. The third-order valence-electron chi connectivity index (χ3n) is 5.62. The lowest BCUT2D eigenvalue weighted by Crippen LogP contribution is -2.46. The van der Waals surface area contributed by atoms with Crippen LogP contribution in [0.25, 0.3) is 11.3 Å². The number of furan rings is 1. The number of halogens is 3. The van der Waals surface area contributed by atoms with Gasteiger partial charge in [0.15, 0.2) is 10.9 Å². The highest BCUT2D eigenvalue weighted by Crippen LogP contribution is 2.35. The summed E-state index contributed by atoms with van der Waals surface area (Å²) in [4.78, 5) is 17.4. The number of piperazine rings is 1. The Bertz CT molecular complexity index is 1210. The molecule has 2 heterocycles. The van der Waals surface area contributed by atoms with Crippen LogP contribution >= 0.6 is 47.0 Å². The first-order valence-electron chi connectivity index (χ1n) is 10.8. The van der Waals surface area contributed by atoms with Gasteiger partial charge in [0, 0.05) is 36.8 Å². The molecule has 34 heavy (non-hydrogen) atoms. The SMILES string of the molecule is CCN1CCN(c2c(Cl)cccc2NC(=S)NC(=O)c2ccc(-c3cc(Cl)ccc3Cl)o2)CC1. The zero-order valence-corrected chi connectivity index (χ0v) is 21.5. The molecule has 10 heteroatoms. The number of nitrogens with zero attached hydrogens (tertiary/aromatic N) is 2. The van der Waals surface area contributed by atoms with Crippen molar-refractivity contribution >= 4 is 69.4 Å². The van der Waals surface area contributed by atoms with E-state index in [1.165, 1.54) is 0 Å². The van der Waals surface area contributed by atoms with Gasteiger partial charge in [-0.15, -0.1) is 0 Å². The van der Waals surface area contributed by atoms with Crippen LogP contribution in [0.5, 0.6) is 0 Å². The lowest BCUT2D eigenvalue weighted by molar-refractivity contribution is 0.0951. The highest BCUT2D eigenvalue weighted by atomic mass is 35.5. The summed E-state index contributed by atoms with van der Waals surface area (Å²) in [7, 11) is 0. The van der Waals surface area contributed by atoms with Crippen LogP contribution in [0.1, 0.15) is 17.5 Å². The average Bonchev–Trinajstić information content (AvgIpc) is 3.31. The predicted molar refractivity (Wildman–Crippen MR) is 144 cm³/mol. The first-order valence-corrected chi connectivity index (χ1v) is 12.3. The zero-order chi connectivity index (χ0) is 24.2. The van der Waals surface area contributed by atoms with E-state index < -0.39 is 5.91 Å². The molecule has 1 saturated heterocycles. The number of rotatable bonds is 5. The van der Waals surface area contributed by atoms with Gasteiger partial charge >= 0.3 is 0 Å². The normalized spacial score (nSPS) is 14.2. The number of anilines is 2. The second-order valence-corrected chi connectivity index (χ2v) is 9.41. The molecule has 2 N–H and O–H groups in total. The minimum Gasteiger partial charge on any atom is -0.451 e. The van der Waals surface area contributed by atoms with E-state index in [0.717, 1.165) is 44.1 Å². The van der Waals surface area contributed by atoms with Crippen LogP contribution in [0, 0.1) is 0 Å². The Morgan fingerprint density at radius 3 is 2.53 bits per heavy atom. The van der Waals surface area contributed by atoms with Crippen LogP contribution in [-0.4, -0.2) is 48.6 Å². The lowest BCUT2D eigenvalue weighted by Gasteiger charge is -2.37. The van der Waals surface area contributed by atoms with Crippen LogP contribution in [-0.2, 0) is 0 Å². The van der Waals surface area contributed by atoms with Crippen molar-refractivity contribution in [3.8, 4) is 11.3 Å². The van der Waals surface area contributed by atoms with Gasteiger partial charge in [0.2, 0.25) is 0 Å². The van der Waals surface area contributed by atoms with Crippen molar-refractivity contribution in [1.82, 2.24) is 10.2 Å². The molecule has 1 fully saturated rings. The van der Waals surface area contributed by atoms with Gasteiger partial charge < -0.3 is 19.5 Å². The van der Waals surface area contributed by atoms with Crippen molar-refractivity contribution in [2.45, 2.75) is 6.92 Å². The molecule has 0 atom stereocenters.